The molecule has 1 aliphatic heterocycles. The zero-order chi connectivity index (χ0) is 9.52. The molecular formula is C5H6N2O3S2. The Morgan fingerprint density at radius 1 is 1.75 bits per heavy atom. The second kappa shape index (κ2) is 2.67. The van der Waals surface area contributed by atoms with E-state index in [1.54, 1.807) is 0 Å². The number of hydrogen-bond acceptors (Lipinski definition) is 5. The summed E-state index contributed by atoms with van der Waals surface area (Å²) < 4.78 is 0.249. The summed E-state index contributed by atoms with van der Waals surface area (Å²) in [6.07, 6.45) is 0. The predicted octanol–water partition coefficient (Wildman–Crippen LogP) is 0.469. The fourth-order valence-electron chi connectivity index (χ4n) is 0.792. The van der Waals surface area contributed by atoms with Crippen LogP contribution in [0.3, 0.4) is 0 Å². The fourth-order valence-corrected chi connectivity index (χ4v) is 2.22. The number of nitro groups is 1. The van der Waals surface area contributed by atoms with Crippen molar-refractivity contribution in [3.63, 3.8) is 0 Å². The summed E-state index contributed by atoms with van der Waals surface area (Å²) in [6.45, 7) is 1.26. The van der Waals surface area contributed by atoms with Crippen LogP contribution in [-0.4, -0.2) is 32.0 Å². The van der Waals surface area contributed by atoms with Gasteiger partial charge in [0.05, 0.1) is 0 Å². The molecule has 0 saturated carbocycles. The number of amides is 1. The van der Waals surface area contributed by atoms with Crippen LogP contribution in [0.15, 0.2) is 0 Å². The van der Waals surface area contributed by atoms with E-state index in [0.717, 1.165) is 16.7 Å². The third-order valence-electron chi connectivity index (χ3n) is 1.61. The number of rotatable bonds is 1. The van der Waals surface area contributed by atoms with E-state index in [0.29, 0.717) is 0 Å². The highest BCUT2D eigenvalue weighted by Gasteiger charge is 2.56. The molecule has 1 rings (SSSR count). The minimum Gasteiger partial charge on any atom is -0.294 e. The van der Waals surface area contributed by atoms with Crippen molar-refractivity contribution in [3.05, 3.63) is 10.1 Å². The Morgan fingerprint density at radius 2 is 2.25 bits per heavy atom. The lowest BCUT2D eigenvalue weighted by atomic mass is 10.3. The van der Waals surface area contributed by atoms with Crippen LogP contribution in [0.4, 0.5) is 0 Å². The van der Waals surface area contributed by atoms with E-state index in [9.17, 15) is 14.9 Å². The highest BCUT2D eigenvalue weighted by molar-refractivity contribution is 8.24. The minimum atomic E-state index is -1.62. The van der Waals surface area contributed by atoms with Gasteiger partial charge in [-0.2, -0.15) is 0 Å². The lowest BCUT2D eigenvalue weighted by Crippen LogP contribution is -2.41. The summed E-state index contributed by atoms with van der Waals surface area (Å²) in [7, 11) is 1.44. The van der Waals surface area contributed by atoms with Crippen molar-refractivity contribution in [3.8, 4) is 0 Å². The van der Waals surface area contributed by atoms with Gasteiger partial charge < -0.3 is 0 Å². The Morgan fingerprint density at radius 3 is 2.42 bits per heavy atom. The maximum atomic E-state index is 11.3. The molecule has 7 heteroatoms. The molecule has 1 fully saturated rings. The van der Waals surface area contributed by atoms with Crippen LogP contribution in [-0.2, 0) is 4.79 Å². The van der Waals surface area contributed by atoms with Gasteiger partial charge >= 0.3 is 10.8 Å². The van der Waals surface area contributed by atoms with E-state index in [1.807, 2.05) is 0 Å². The Kier molecular flexibility index (Phi) is 2.09. The quantitative estimate of drug-likeness (QED) is 0.354. The Balaban J connectivity index is 3.05. The summed E-state index contributed by atoms with van der Waals surface area (Å²) in [4.78, 5) is 20.7. The topological polar surface area (TPSA) is 63.5 Å². The number of thioether (sulfide) groups is 1. The van der Waals surface area contributed by atoms with Crippen molar-refractivity contribution in [1.29, 1.82) is 0 Å². The molecule has 0 aromatic heterocycles. The first-order valence-electron chi connectivity index (χ1n) is 3.05. The average Bonchev–Trinajstić information content (AvgIpc) is 2.17. The van der Waals surface area contributed by atoms with Crippen LogP contribution < -0.4 is 0 Å². The maximum absolute atomic E-state index is 11.3. The number of nitrogens with zero attached hydrogens (tertiary/aromatic N) is 2. The molecule has 0 aromatic carbocycles. The summed E-state index contributed by atoms with van der Waals surface area (Å²) in [5.41, 5.74) is 0. The third kappa shape index (κ3) is 1.09. The molecular weight excluding hydrogens is 200 g/mol. The minimum absolute atomic E-state index is 0.249. The van der Waals surface area contributed by atoms with Crippen molar-refractivity contribution in [2.45, 2.75) is 11.8 Å². The fraction of sp³-hybridized carbons (Fsp3) is 0.600. The normalized spacial score (nSPS) is 29.7. The van der Waals surface area contributed by atoms with Gasteiger partial charge in [-0.15, -0.1) is 0 Å². The van der Waals surface area contributed by atoms with Crippen molar-refractivity contribution in [2.75, 3.05) is 7.05 Å². The molecule has 0 aliphatic carbocycles. The molecule has 12 heavy (non-hydrogen) atoms. The maximum Gasteiger partial charge on any atom is 0.348 e. The van der Waals surface area contributed by atoms with Gasteiger partial charge in [0.15, 0.2) is 0 Å². The molecule has 66 valence electrons. The van der Waals surface area contributed by atoms with Crippen LogP contribution in [0.1, 0.15) is 6.92 Å². The lowest BCUT2D eigenvalue weighted by molar-refractivity contribution is -0.517. The number of likely N-dealkylation sites (N-methyl/N-ethyl adjacent to an activating group) is 1. The lowest BCUT2D eigenvalue weighted by Gasteiger charge is -2.09. The predicted molar refractivity (Wildman–Crippen MR) is 48.4 cm³/mol. The van der Waals surface area contributed by atoms with Gasteiger partial charge in [-0.05, 0) is 11.8 Å². The van der Waals surface area contributed by atoms with Crippen LogP contribution >= 0.6 is 24.0 Å². The summed E-state index contributed by atoms with van der Waals surface area (Å²) in [5, 5.41) is 10.5. The molecule has 5 nitrogen and oxygen atoms in total. The molecule has 1 atom stereocenters. The van der Waals surface area contributed by atoms with Crippen molar-refractivity contribution >= 4 is 34.2 Å². The van der Waals surface area contributed by atoms with Crippen LogP contribution in [0.5, 0.6) is 0 Å². The van der Waals surface area contributed by atoms with Crippen molar-refractivity contribution in [2.24, 2.45) is 0 Å². The second-order valence-corrected chi connectivity index (χ2v) is 4.50. The van der Waals surface area contributed by atoms with Gasteiger partial charge in [-0.25, -0.2) is 0 Å². The van der Waals surface area contributed by atoms with Crippen molar-refractivity contribution < 1.29 is 9.72 Å². The molecule has 1 aliphatic rings. The summed E-state index contributed by atoms with van der Waals surface area (Å²) in [5.74, 6) is -0.567. The number of hydrogen-bond donors (Lipinski definition) is 0. The number of carbonyl (C=O) groups is 1. The smallest absolute Gasteiger partial charge is 0.294 e. The van der Waals surface area contributed by atoms with E-state index in [4.69, 9.17) is 12.2 Å². The first kappa shape index (κ1) is 9.40. The molecule has 0 spiro atoms. The standard InChI is InChI=1S/C5H6N2O3S2/c1-5(7(9)10)3(8)6(2)4(11)12-5/h1-2H3. The van der Waals surface area contributed by atoms with Gasteiger partial charge in [0, 0.05) is 18.9 Å². The molecule has 1 amide bonds. The van der Waals surface area contributed by atoms with Gasteiger partial charge in [-0.3, -0.25) is 19.8 Å². The largest absolute Gasteiger partial charge is 0.348 e. The van der Waals surface area contributed by atoms with Gasteiger partial charge in [0.25, 0.3) is 0 Å². The number of carbonyl (C=O) groups excluding carboxylic acids is 1. The van der Waals surface area contributed by atoms with Gasteiger partial charge in [0.2, 0.25) is 0 Å². The van der Waals surface area contributed by atoms with Crippen LogP contribution in [0.25, 0.3) is 0 Å². The van der Waals surface area contributed by atoms with E-state index in [1.165, 1.54) is 14.0 Å². The summed E-state index contributed by atoms with van der Waals surface area (Å²) in [6, 6.07) is 0. The first-order chi connectivity index (χ1) is 5.39. The molecule has 0 aromatic rings. The average molecular weight is 206 g/mol. The zero-order valence-electron chi connectivity index (χ0n) is 6.44. The van der Waals surface area contributed by atoms with Gasteiger partial charge in [-0.1, -0.05) is 12.2 Å². The Labute approximate surface area is 78.2 Å². The zero-order valence-corrected chi connectivity index (χ0v) is 8.07. The van der Waals surface area contributed by atoms with Crippen molar-refractivity contribution in [1.82, 2.24) is 4.90 Å². The van der Waals surface area contributed by atoms with Crippen LogP contribution in [0.2, 0.25) is 0 Å². The monoisotopic (exact) mass is 206 g/mol. The van der Waals surface area contributed by atoms with E-state index < -0.39 is 15.7 Å². The van der Waals surface area contributed by atoms with Gasteiger partial charge in [0.1, 0.15) is 4.32 Å². The van der Waals surface area contributed by atoms with E-state index in [2.05, 4.69) is 0 Å². The SMILES string of the molecule is CN1C(=O)C(C)([N+](=O)[O-])SC1=S. The van der Waals surface area contributed by atoms with E-state index in [-0.39, 0.29) is 4.32 Å². The molecule has 0 N–H and O–H groups in total. The second-order valence-electron chi connectivity index (χ2n) is 2.47. The Hall–Kier alpha value is -0.690. The van der Waals surface area contributed by atoms with Crippen LogP contribution in [0, 0.1) is 10.1 Å². The number of thiocarbonyl (C=S) groups is 1. The molecule has 1 unspecified atom stereocenters. The molecule has 1 heterocycles. The first-order valence-corrected chi connectivity index (χ1v) is 4.27. The molecule has 1 saturated heterocycles. The Bertz CT molecular complexity index is 278. The summed E-state index contributed by atoms with van der Waals surface area (Å²) >= 11 is 5.55. The van der Waals surface area contributed by atoms with E-state index >= 15 is 0 Å². The highest BCUT2D eigenvalue weighted by atomic mass is 32.2. The third-order valence-corrected chi connectivity index (χ3v) is 3.30. The molecule has 0 radical (unpaired) electrons. The molecule has 0 bridgehead atoms. The highest BCUT2D eigenvalue weighted by Crippen LogP contribution is 2.36.